The van der Waals surface area contributed by atoms with Crippen LogP contribution in [-0.2, 0) is 13.1 Å². The largest absolute Gasteiger partial charge is 0.338 e. The average molecular weight is 419 g/mol. The van der Waals surface area contributed by atoms with E-state index in [1.165, 1.54) is 18.4 Å². The Hall–Kier alpha value is -3.26. The second-order valence-corrected chi connectivity index (χ2v) is 8.54. The first-order valence-electron chi connectivity index (χ1n) is 10.7. The molecule has 3 aromatic heterocycles. The van der Waals surface area contributed by atoms with Crippen molar-refractivity contribution in [1.29, 1.82) is 0 Å². The lowest BCUT2D eigenvalue weighted by molar-refractivity contribution is 0.157. The van der Waals surface area contributed by atoms with Gasteiger partial charge in [0, 0.05) is 24.5 Å². The molecule has 0 bridgehead atoms. The van der Waals surface area contributed by atoms with Crippen molar-refractivity contribution in [3.63, 3.8) is 0 Å². The molecule has 1 aliphatic heterocycles. The predicted molar refractivity (Wildman–Crippen MR) is 117 cm³/mol. The summed E-state index contributed by atoms with van der Waals surface area (Å²) in [7, 11) is 0. The third-order valence-corrected chi connectivity index (χ3v) is 5.87. The minimum absolute atomic E-state index is 0.135. The van der Waals surface area contributed by atoms with Crippen LogP contribution in [0.2, 0.25) is 0 Å². The van der Waals surface area contributed by atoms with Crippen LogP contribution in [0.5, 0.6) is 0 Å². The maximum absolute atomic E-state index is 13.0. The Bertz CT molecular complexity index is 1250. The monoisotopic (exact) mass is 418 g/mol. The molecule has 0 N–H and O–H groups in total. The standard InChI is InChI=1S/C23H26N6O2/c1-16-5-7-18(8-6-16)19-12-20-23(30)28(10-11-29(20)25-19)14-21-24-22(31-26-21)15-27-9-3-4-17(2)13-27/h5-8,10-12,17H,3-4,9,13-15H2,1-2H3/t17-/m1/s1. The van der Waals surface area contributed by atoms with E-state index in [1.807, 2.05) is 37.3 Å². The highest BCUT2D eigenvalue weighted by Gasteiger charge is 2.19. The molecule has 0 unspecified atom stereocenters. The van der Waals surface area contributed by atoms with E-state index in [-0.39, 0.29) is 12.1 Å². The number of rotatable bonds is 5. The van der Waals surface area contributed by atoms with E-state index >= 15 is 0 Å². The Kier molecular flexibility index (Phi) is 5.15. The molecule has 4 heterocycles. The highest BCUT2D eigenvalue weighted by atomic mass is 16.5. The summed E-state index contributed by atoms with van der Waals surface area (Å²) < 4.78 is 8.65. The topological polar surface area (TPSA) is 81.5 Å². The molecule has 31 heavy (non-hydrogen) atoms. The van der Waals surface area contributed by atoms with Crippen molar-refractivity contribution >= 4 is 5.52 Å². The van der Waals surface area contributed by atoms with Gasteiger partial charge in [-0.25, -0.2) is 4.52 Å². The first-order valence-corrected chi connectivity index (χ1v) is 10.7. The van der Waals surface area contributed by atoms with Crippen LogP contribution in [0.25, 0.3) is 16.8 Å². The van der Waals surface area contributed by atoms with E-state index in [0.29, 0.717) is 29.7 Å². The minimum atomic E-state index is -0.135. The fourth-order valence-electron chi connectivity index (χ4n) is 4.21. The van der Waals surface area contributed by atoms with Gasteiger partial charge in [0.1, 0.15) is 5.52 Å². The van der Waals surface area contributed by atoms with Gasteiger partial charge in [-0.2, -0.15) is 10.1 Å². The van der Waals surface area contributed by atoms with Crippen LogP contribution in [0.15, 0.2) is 52.0 Å². The Morgan fingerprint density at radius 1 is 1.16 bits per heavy atom. The van der Waals surface area contributed by atoms with Crippen LogP contribution in [0, 0.1) is 12.8 Å². The summed E-state index contributed by atoms with van der Waals surface area (Å²) in [5, 5.41) is 8.63. The number of hydrogen-bond donors (Lipinski definition) is 0. The van der Waals surface area contributed by atoms with Crippen LogP contribution >= 0.6 is 0 Å². The third kappa shape index (κ3) is 4.16. The molecule has 0 amide bonds. The van der Waals surface area contributed by atoms with Gasteiger partial charge in [-0.05, 0) is 38.3 Å². The van der Waals surface area contributed by atoms with Crippen LogP contribution in [0.1, 0.15) is 37.0 Å². The average Bonchev–Trinajstić information content (AvgIpc) is 3.38. The van der Waals surface area contributed by atoms with Crippen molar-refractivity contribution < 1.29 is 4.52 Å². The van der Waals surface area contributed by atoms with Crippen LogP contribution in [0.3, 0.4) is 0 Å². The van der Waals surface area contributed by atoms with Gasteiger partial charge in [0.25, 0.3) is 5.56 Å². The summed E-state index contributed by atoms with van der Waals surface area (Å²) >= 11 is 0. The van der Waals surface area contributed by atoms with Crippen molar-refractivity contribution in [2.24, 2.45) is 5.92 Å². The lowest BCUT2D eigenvalue weighted by atomic mass is 10.0. The normalized spacial score (nSPS) is 17.4. The second kappa shape index (κ2) is 8.11. The highest BCUT2D eigenvalue weighted by Crippen LogP contribution is 2.19. The molecule has 1 atom stereocenters. The van der Waals surface area contributed by atoms with Gasteiger partial charge in [0.2, 0.25) is 5.89 Å². The molecule has 1 fully saturated rings. The Morgan fingerprint density at radius 3 is 2.81 bits per heavy atom. The Balaban J connectivity index is 1.35. The number of hydrogen-bond acceptors (Lipinski definition) is 6. The lowest BCUT2D eigenvalue weighted by Crippen LogP contribution is -2.33. The van der Waals surface area contributed by atoms with Gasteiger partial charge < -0.3 is 9.09 Å². The van der Waals surface area contributed by atoms with Gasteiger partial charge in [-0.3, -0.25) is 9.69 Å². The van der Waals surface area contributed by atoms with E-state index in [4.69, 9.17) is 4.52 Å². The van der Waals surface area contributed by atoms with Crippen molar-refractivity contribution in [2.75, 3.05) is 13.1 Å². The molecule has 8 heteroatoms. The summed E-state index contributed by atoms with van der Waals surface area (Å²) in [6.45, 7) is 7.35. The zero-order valence-electron chi connectivity index (χ0n) is 17.9. The fraction of sp³-hybridized carbons (Fsp3) is 0.391. The van der Waals surface area contributed by atoms with Crippen molar-refractivity contribution in [2.45, 2.75) is 39.8 Å². The van der Waals surface area contributed by atoms with Crippen molar-refractivity contribution in [3.05, 3.63) is 70.4 Å². The third-order valence-electron chi connectivity index (χ3n) is 5.87. The van der Waals surface area contributed by atoms with E-state index < -0.39 is 0 Å². The molecule has 1 aliphatic rings. The first-order chi connectivity index (χ1) is 15.0. The number of nitrogens with zero attached hydrogens (tertiary/aromatic N) is 6. The van der Waals surface area contributed by atoms with Crippen molar-refractivity contribution in [1.82, 2.24) is 29.2 Å². The molecule has 4 aromatic rings. The van der Waals surface area contributed by atoms with E-state index in [2.05, 4.69) is 27.1 Å². The molecule has 5 rings (SSSR count). The molecule has 0 saturated carbocycles. The van der Waals surface area contributed by atoms with Crippen LogP contribution in [0.4, 0.5) is 0 Å². The zero-order valence-corrected chi connectivity index (χ0v) is 17.9. The zero-order chi connectivity index (χ0) is 21.4. The van der Waals surface area contributed by atoms with Crippen molar-refractivity contribution in [3.8, 4) is 11.3 Å². The van der Waals surface area contributed by atoms with E-state index in [0.717, 1.165) is 24.3 Å². The smallest absolute Gasteiger partial charge is 0.277 e. The number of aryl methyl sites for hydroxylation is 1. The van der Waals surface area contributed by atoms with E-state index in [1.54, 1.807) is 21.5 Å². The van der Waals surface area contributed by atoms with Gasteiger partial charge >= 0.3 is 0 Å². The first kappa shape index (κ1) is 19.7. The quantitative estimate of drug-likeness (QED) is 0.495. The molecule has 160 valence electrons. The summed E-state index contributed by atoms with van der Waals surface area (Å²) in [5.74, 6) is 1.80. The van der Waals surface area contributed by atoms with E-state index in [9.17, 15) is 4.79 Å². The SMILES string of the molecule is Cc1ccc(-c2cc3c(=O)n(Cc4noc(CN5CCC[C@@H](C)C5)n4)ccn3n2)cc1. The molecule has 1 saturated heterocycles. The number of piperidine rings is 1. The molecular formula is C23H26N6O2. The molecule has 1 aromatic carbocycles. The molecule has 0 aliphatic carbocycles. The highest BCUT2D eigenvalue weighted by molar-refractivity contribution is 5.65. The van der Waals surface area contributed by atoms with Gasteiger partial charge in [0.05, 0.1) is 18.8 Å². The van der Waals surface area contributed by atoms with Crippen LogP contribution in [-0.4, -0.2) is 42.3 Å². The molecule has 0 spiro atoms. The predicted octanol–water partition coefficient (Wildman–Crippen LogP) is 3.13. The lowest BCUT2D eigenvalue weighted by Gasteiger charge is -2.29. The summed E-state index contributed by atoms with van der Waals surface area (Å²) in [4.78, 5) is 19.9. The van der Waals surface area contributed by atoms with Crippen LogP contribution < -0.4 is 5.56 Å². The van der Waals surface area contributed by atoms with Gasteiger partial charge in [0.15, 0.2) is 5.82 Å². The number of aromatic nitrogens is 5. The maximum atomic E-state index is 13.0. The second-order valence-electron chi connectivity index (χ2n) is 8.54. The minimum Gasteiger partial charge on any atom is -0.338 e. The summed E-state index contributed by atoms with van der Waals surface area (Å²) in [6.07, 6.45) is 5.97. The number of benzene rings is 1. The molecule has 0 radical (unpaired) electrons. The summed E-state index contributed by atoms with van der Waals surface area (Å²) in [5.41, 5.74) is 3.32. The maximum Gasteiger partial charge on any atom is 0.277 e. The molecule has 8 nitrogen and oxygen atoms in total. The fourth-order valence-corrected chi connectivity index (χ4v) is 4.21. The van der Waals surface area contributed by atoms with Gasteiger partial charge in [-0.1, -0.05) is 41.9 Å². The van der Waals surface area contributed by atoms with Gasteiger partial charge in [-0.15, -0.1) is 0 Å². The number of fused-ring (bicyclic) bond motifs is 1. The number of likely N-dealkylation sites (tertiary alicyclic amines) is 1. The summed E-state index contributed by atoms with van der Waals surface area (Å²) in [6, 6.07) is 9.92. The molecular weight excluding hydrogens is 392 g/mol. The Labute approximate surface area is 180 Å². The Morgan fingerprint density at radius 2 is 2.00 bits per heavy atom.